The van der Waals surface area contributed by atoms with Gasteiger partial charge >= 0.3 is 6.03 Å². The van der Waals surface area contributed by atoms with Crippen molar-refractivity contribution in [3.8, 4) is 11.1 Å². The van der Waals surface area contributed by atoms with E-state index in [2.05, 4.69) is 10.6 Å². The monoisotopic (exact) mass is 463 g/mol. The van der Waals surface area contributed by atoms with E-state index in [-0.39, 0.29) is 12.5 Å². The van der Waals surface area contributed by atoms with Crippen LogP contribution in [0.1, 0.15) is 25.3 Å². The van der Waals surface area contributed by atoms with Crippen LogP contribution in [0.2, 0.25) is 5.02 Å². The molecule has 1 aliphatic rings. The highest BCUT2D eigenvalue weighted by molar-refractivity contribution is 6.30. The summed E-state index contributed by atoms with van der Waals surface area (Å²) < 4.78 is 0. The summed E-state index contributed by atoms with van der Waals surface area (Å²) in [5.74, 6) is -0.150. The molecular formula is C26H26ClN3O3. The Bertz CT molecular complexity index is 1150. The molecule has 1 aliphatic heterocycles. The van der Waals surface area contributed by atoms with E-state index in [1.54, 1.807) is 36.1 Å². The lowest BCUT2D eigenvalue weighted by Gasteiger charge is -2.39. The van der Waals surface area contributed by atoms with Gasteiger partial charge in [0.15, 0.2) is 0 Å². The molecule has 6 nitrogen and oxygen atoms in total. The second-order valence-corrected chi connectivity index (χ2v) is 8.78. The van der Waals surface area contributed by atoms with Gasteiger partial charge in [0.2, 0.25) is 0 Å². The summed E-state index contributed by atoms with van der Waals surface area (Å²) >= 11 is 5.89. The van der Waals surface area contributed by atoms with Crippen LogP contribution in [0, 0.1) is 0 Å². The van der Waals surface area contributed by atoms with Crippen LogP contribution in [0.3, 0.4) is 0 Å². The number of hydrogen-bond acceptors (Lipinski definition) is 3. The molecule has 7 heteroatoms. The maximum Gasteiger partial charge on any atom is 0.320 e. The zero-order valence-electron chi connectivity index (χ0n) is 18.3. The third-order valence-electron chi connectivity index (χ3n) is 5.94. The maximum atomic E-state index is 13.4. The summed E-state index contributed by atoms with van der Waals surface area (Å²) in [6.45, 7) is 2.31. The van der Waals surface area contributed by atoms with Gasteiger partial charge in [-0.3, -0.25) is 4.79 Å². The molecule has 0 aromatic heterocycles. The smallest absolute Gasteiger partial charge is 0.320 e. The second-order valence-electron chi connectivity index (χ2n) is 8.34. The molecule has 0 saturated carbocycles. The number of nitrogens with one attached hydrogen (secondary N) is 2. The van der Waals surface area contributed by atoms with Crippen molar-refractivity contribution in [2.75, 3.05) is 16.8 Å². The number of halogens is 1. The summed E-state index contributed by atoms with van der Waals surface area (Å²) in [6, 6.07) is 21.7. The fourth-order valence-electron chi connectivity index (χ4n) is 4.17. The summed E-state index contributed by atoms with van der Waals surface area (Å²) in [5, 5.41) is 15.8. The summed E-state index contributed by atoms with van der Waals surface area (Å²) in [7, 11) is 0. The molecule has 4 rings (SSSR count). The Hall–Kier alpha value is -3.35. The molecule has 3 aromatic rings. The minimum atomic E-state index is -1.02. The van der Waals surface area contributed by atoms with E-state index in [0.29, 0.717) is 23.7 Å². The molecule has 1 saturated heterocycles. The normalized spacial score (nSPS) is 18.2. The molecule has 170 valence electrons. The first-order chi connectivity index (χ1) is 15.9. The molecule has 0 bridgehead atoms. The largest absolute Gasteiger partial charge is 0.392 e. The molecule has 1 fully saturated rings. The number of amides is 3. The zero-order chi connectivity index (χ0) is 23.4. The molecule has 1 atom stereocenters. The number of aliphatic hydroxyl groups excluding tert-OH is 1. The van der Waals surface area contributed by atoms with Crippen molar-refractivity contribution in [2.24, 2.45) is 0 Å². The molecule has 3 aromatic carbocycles. The molecule has 33 heavy (non-hydrogen) atoms. The molecular weight excluding hydrogens is 438 g/mol. The maximum absolute atomic E-state index is 13.4. The van der Waals surface area contributed by atoms with Crippen LogP contribution in [0.4, 0.5) is 16.2 Å². The van der Waals surface area contributed by atoms with Crippen molar-refractivity contribution < 1.29 is 14.7 Å². The first-order valence-corrected chi connectivity index (χ1v) is 11.2. The Morgan fingerprint density at radius 2 is 1.76 bits per heavy atom. The predicted octanol–water partition coefficient (Wildman–Crippen LogP) is 5.21. The van der Waals surface area contributed by atoms with E-state index in [0.717, 1.165) is 28.8 Å². The van der Waals surface area contributed by atoms with E-state index < -0.39 is 11.6 Å². The minimum absolute atomic E-state index is 0.0371. The Morgan fingerprint density at radius 3 is 2.45 bits per heavy atom. The molecule has 1 heterocycles. The predicted molar refractivity (Wildman–Crippen MR) is 131 cm³/mol. The van der Waals surface area contributed by atoms with E-state index >= 15 is 0 Å². The van der Waals surface area contributed by atoms with E-state index in [9.17, 15) is 14.7 Å². The number of aliphatic hydroxyl groups is 1. The lowest BCUT2D eigenvalue weighted by Crippen LogP contribution is -2.61. The van der Waals surface area contributed by atoms with Crippen LogP contribution < -0.4 is 15.5 Å². The average molecular weight is 464 g/mol. The van der Waals surface area contributed by atoms with Crippen molar-refractivity contribution in [1.82, 2.24) is 5.32 Å². The van der Waals surface area contributed by atoms with Crippen LogP contribution in [-0.4, -0.2) is 29.1 Å². The van der Waals surface area contributed by atoms with Crippen molar-refractivity contribution in [3.63, 3.8) is 0 Å². The van der Waals surface area contributed by atoms with Gasteiger partial charge in [0, 0.05) is 22.9 Å². The van der Waals surface area contributed by atoms with Crippen molar-refractivity contribution >= 4 is 34.9 Å². The fourth-order valence-corrected chi connectivity index (χ4v) is 4.29. The standard InChI is InChI=1S/C26H26ClN3O3/c1-26(29-25(33)28-21-11-9-20(27)10-12-21)15-4-16-30(24(26)32)22-13-7-18(8-14-22)23-6-3-2-5-19(23)17-31/h2-3,5-14,31H,4,15-17H2,1H3,(H2,28,29,33)/t26-/m0/s1. The number of hydrogen-bond donors (Lipinski definition) is 3. The fraction of sp³-hybridized carbons (Fsp3) is 0.231. The van der Waals surface area contributed by atoms with Crippen LogP contribution in [-0.2, 0) is 11.4 Å². The molecule has 0 spiro atoms. The SMILES string of the molecule is C[C@]1(NC(=O)Nc2ccc(Cl)cc2)CCCN(c2ccc(-c3ccccc3CO)cc2)C1=O. The number of rotatable bonds is 5. The number of nitrogens with zero attached hydrogens (tertiary/aromatic N) is 1. The average Bonchev–Trinajstić information content (AvgIpc) is 2.82. The van der Waals surface area contributed by atoms with Gasteiger partial charge < -0.3 is 20.6 Å². The quantitative estimate of drug-likeness (QED) is 0.486. The van der Waals surface area contributed by atoms with E-state index in [1.807, 2.05) is 48.5 Å². The minimum Gasteiger partial charge on any atom is -0.392 e. The number of carbonyl (C=O) groups is 2. The first-order valence-electron chi connectivity index (χ1n) is 10.9. The third kappa shape index (κ3) is 5.02. The Labute approximate surface area is 198 Å². The van der Waals surface area contributed by atoms with Crippen LogP contribution in [0.25, 0.3) is 11.1 Å². The third-order valence-corrected chi connectivity index (χ3v) is 6.20. The van der Waals surface area contributed by atoms with Gasteiger partial charge in [-0.05, 0) is 72.9 Å². The number of urea groups is 1. The first kappa shape index (κ1) is 22.8. The van der Waals surface area contributed by atoms with Crippen LogP contribution in [0.15, 0.2) is 72.8 Å². The number of carbonyl (C=O) groups excluding carboxylic acids is 2. The molecule has 0 unspecified atom stereocenters. The van der Waals surface area contributed by atoms with Gasteiger partial charge in [-0.2, -0.15) is 0 Å². The number of piperidine rings is 1. The highest BCUT2D eigenvalue weighted by Gasteiger charge is 2.41. The molecule has 3 N–H and O–H groups in total. The van der Waals surface area contributed by atoms with Gasteiger partial charge in [0.25, 0.3) is 5.91 Å². The molecule has 3 amide bonds. The van der Waals surface area contributed by atoms with Crippen molar-refractivity contribution in [2.45, 2.75) is 31.9 Å². The van der Waals surface area contributed by atoms with Gasteiger partial charge in [0.1, 0.15) is 5.54 Å². The highest BCUT2D eigenvalue weighted by Crippen LogP contribution is 2.30. The van der Waals surface area contributed by atoms with E-state index in [1.165, 1.54) is 0 Å². The van der Waals surface area contributed by atoms with Gasteiger partial charge in [0.05, 0.1) is 6.61 Å². The summed E-state index contributed by atoms with van der Waals surface area (Å²) in [5.41, 5.74) is 3.13. The zero-order valence-corrected chi connectivity index (χ0v) is 19.1. The van der Waals surface area contributed by atoms with Gasteiger partial charge in [-0.25, -0.2) is 4.79 Å². The lowest BCUT2D eigenvalue weighted by molar-refractivity contribution is -0.125. The van der Waals surface area contributed by atoms with E-state index in [4.69, 9.17) is 11.6 Å². The topological polar surface area (TPSA) is 81.7 Å². The number of anilines is 2. The van der Waals surface area contributed by atoms with Crippen LogP contribution in [0.5, 0.6) is 0 Å². The lowest BCUT2D eigenvalue weighted by atomic mass is 9.89. The Morgan fingerprint density at radius 1 is 1.06 bits per heavy atom. The highest BCUT2D eigenvalue weighted by atomic mass is 35.5. The van der Waals surface area contributed by atoms with Gasteiger partial charge in [-0.1, -0.05) is 48.0 Å². The van der Waals surface area contributed by atoms with Crippen molar-refractivity contribution in [3.05, 3.63) is 83.4 Å². The second kappa shape index (κ2) is 9.65. The van der Waals surface area contributed by atoms with Crippen LogP contribution >= 0.6 is 11.6 Å². The summed E-state index contributed by atoms with van der Waals surface area (Å²) in [4.78, 5) is 27.7. The van der Waals surface area contributed by atoms with Gasteiger partial charge in [-0.15, -0.1) is 0 Å². The Kier molecular flexibility index (Phi) is 6.67. The molecule has 0 radical (unpaired) electrons. The Balaban J connectivity index is 1.48. The molecule has 0 aliphatic carbocycles. The number of benzene rings is 3. The van der Waals surface area contributed by atoms with Crippen molar-refractivity contribution in [1.29, 1.82) is 0 Å². The summed E-state index contributed by atoms with van der Waals surface area (Å²) in [6.07, 6.45) is 1.32.